The van der Waals surface area contributed by atoms with Crippen LogP contribution in [0.5, 0.6) is 0 Å². The van der Waals surface area contributed by atoms with Crippen LogP contribution < -0.4 is 5.73 Å². The lowest BCUT2D eigenvalue weighted by Gasteiger charge is -2.15. The number of esters is 1. The topological polar surface area (TPSA) is 52.3 Å². The van der Waals surface area contributed by atoms with E-state index >= 15 is 0 Å². The summed E-state index contributed by atoms with van der Waals surface area (Å²) in [6, 6.07) is -0.519. The van der Waals surface area contributed by atoms with Gasteiger partial charge in [0.25, 0.3) is 0 Å². The van der Waals surface area contributed by atoms with Crippen LogP contribution >= 0.6 is 0 Å². The van der Waals surface area contributed by atoms with Gasteiger partial charge in [-0.25, -0.2) is 0 Å². The molecule has 0 amide bonds. The summed E-state index contributed by atoms with van der Waals surface area (Å²) in [5.74, 6) is -0.254. The largest absolute Gasteiger partial charge is 0.461 e. The SMILES string of the molecule is CC(C)(C)/C=C/C[C@H](N)C(=O)OC1CCCC1. The van der Waals surface area contributed by atoms with Gasteiger partial charge in [0.2, 0.25) is 0 Å². The van der Waals surface area contributed by atoms with E-state index in [4.69, 9.17) is 10.5 Å². The molecule has 0 saturated heterocycles. The molecule has 0 bridgehead atoms. The molecule has 1 rings (SSSR count). The minimum atomic E-state index is -0.519. The van der Waals surface area contributed by atoms with Crippen molar-refractivity contribution in [1.82, 2.24) is 0 Å². The Bertz CT molecular complexity index is 272. The van der Waals surface area contributed by atoms with Crippen molar-refractivity contribution >= 4 is 5.97 Å². The maximum atomic E-state index is 11.7. The van der Waals surface area contributed by atoms with Gasteiger partial charge in [0.05, 0.1) is 0 Å². The molecule has 17 heavy (non-hydrogen) atoms. The van der Waals surface area contributed by atoms with Crippen LogP contribution in [0.1, 0.15) is 52.9 Å². The monoisotopic (exact) mass is 239 g/mol. The molecule has 0 aromatic heterocycles. The fraction of sp³-hybridized carbons (Fsp3) is 0.786. The van der Waals surface area contributed by atoms with Crippen molar-refractivity contribution in [3.05, 3.63) is 12.2 Å². The normalized spacial score (nSPS) is 19.8. The van der Waals surface area contributed by atoms with Gasteiger partial charge in [0.1, 0.15) is 12.1 Å². The fourth-order valence-corrected chi connectivity index (χ4v) is 1.92. The summed E-state index contributed by atoms with van der Waals surface area (Å²) in [5.41, 5.74) is 5.93. The maximum Gasteiger partial charge on any atom is 0.323 e. The van der Waals surface area contributed by atoms with Crippen LogP contribution in [0.25, 0.3) is 0 Å². The summed E-state index contributed by atoms with van der Waals surface area (Å²) in [5, 5.41) is 0. The van der Waals surface area contributed by atoms with Gasteiger partial charge < -0.3 is 10.5 Å². The summed E-state index contributed by atoms with van der Waals surface area (Å²) in [7, 11) is 0. The smallest absolute Gasteiger partial charge is 0.323 e. The van der Waals surface area contributed by atoms with Crippen molar-refractivity contribution in [2.75, 3.05) is 0 Å². The molecule has 1 atom stereocenters. The minimum Gasteiger partial charge on any atom is -0.461 e. The Morgan fingerprint density at radius 3 is 2.53 bits per heavy atom. The van der Waals surface area contributed by atoms with Crippen molar-refractivity contribution in [1.29, 1.82) is 0 Å². The first-order chi connectivity index (χ1) is 7.88. The van der Waals surface area contributed by atoms with Crippen molar-refractivity contribution in [2.24, 2.45) is 11.1 Å². The van der Waals surface area contributed by atoms with Gasteiger partial charge in [-0.15, -0.1) is 0 Å². The van der Waals surface area contributed by atoms with E-state index < -0.39 is 6.04 Å². The Kier molecular flexibility index (Phi) is 5.19. The Morgan fingerprint density at radius 2 is 2.00 bits per heavy atom. The van der Waals surface area contributed by atoms with Gasteiger partial charge in [-0.2, -0.15) is 0 Å². The summed E-state index contributed by atoms with van der Waals surface area (Å²) < 4.78 is 5.36. The first kappa shape index (κ1) is 14.2. The third-order valence-corrected chi connectivity index (χ3v) is 2.90. The van der Waals surface area contributed by atoms with Crippen LogP contribution in [-0.2, 0) is 9.53 Å². The average molecular weight is 239 g/mol. The van der Waals surface area contributed by atoms with Crippen LogP contribution in [0, 0.1) is 5.41 Å². The zero-order valence-corrected chi connectivity index (χ0v) is 11.2. The third-order valence-electron chi connectivity index (χ3n) is 2.90. The van der Waals surface area contributed by atoms with E-state index in [-0.39, 0.29) is 17.5 Å². The summed E-state index contributed by atoms with van der Waals surface area (Å²) in [4.78, 5) is 11.7. The standard InChI is InChI=1S/C14H25NO2/c1-14(2,3)10-6-9-12(15)13(16)17-11-7-4-5-8-11/h6,10-12H,4-5,7-9,15H2,1-3H3/b10-6+/t12-/m0/s1. The van der Waals surface area contributed by atoms with Crippen molar-refractivity contribution < 1.29 is 9.53 Å². The van der Waals surface area contributed by atoms with Gasteiger partial charge in [0, 0.05) is 0 Å². The lowest BCUT2D eigenvalue weighted by atomic mass is 9.95. The van der Waals surface area contributed by atoms with Gasteiger partial charge in [-0.3, -0.25) is 4.79 Å². The fourth-order valence-electron chi connectivity index (χ4n) is 1.92. The number of carbonyl (C=O) groups excluding carboxylic acids is 1. The van der Waals surface area contributed by atoms with Gasteiger partial charge in [0.15, 0.2) is 0 Å². The zero-order valence-electron chi connectivity index (χ0n) is 11.2. The maximum absolute atomic E-state index is 11.7. The summed E-state index contributed by atoms with van der Waals surface area (Å²) in [6.07, 6.45) is 9.04. The Labute approximate surface area is 104 Å². The molecule has 1 aliphatic rings. The molecule has 1 fully saturated rings. The van der Waals surface area contributed by atoms with Crippen LogP contribution in [-0.4, -0.2) is 18.1 Å². The molecular weight excluding hydrogens is 214 g/mol. The summed E-state index contributed by atoms with van der Waals surface area (Å²) in [6.45, 7) is 6.35. The Balaban J connectivity index is 2.29. The van der Waals surface area contributed by atoms with Crippen molar-refractivity contribution in [3.63, 3.8) is 0 Å². The van der Waals surface area contributed by atoms with E-state index in [1.165, 1.54) is 0 Å². The molecule has 2 N–H and O–H groups in total. The molecule has 0 aliphatic heterocycles. The Hall–Kier alpha value is -0.830. The number of nitrogens with two attached hydrogens (primary N) is 1. The molecule has 0 spiro atoms. The van der Waals surface area contributed by atoms with E-state index in [1.54, 1.807) is 0 Å². The van der Waals surface area contributed by atoms with E-state index in [9.17, 15) is 4.79 Å². The first-order valence-electron chi connectivity index (χ1n) is 6.52. The lowest BCUT2D eigenvalue weighted by Crippen LogP contribution is -2.34. The summed E-state index contributed by atoms with van der Waals surface area (Å²) >= 11 is 0. The number of rotatable bonds is 4. The van der Waals surface area contributed by atoms with Crippen LogP contribution in [0.15, 0.2) is 12.2 Å². The van der Waals surface area contributed by atoms with Gasteiger partial charge >= 0.3 is 5.97 Å². The predicted octanol–water partition coefficient (Wildman–Crippen LogP) is 2.79. The number of hydrogen-bond acceptors (Lipinski definition) is 3. The van der Waals surface area contributed by atoms with E-state index in [0.29, 0.717) is 6.42 Å². The highest BCUT2D eigenvalue weighted by molar-refractivity contribution is 5.75. The highest BCUT2D eigenvalue weighted by Crippen LogP contribution is 2.21. The second-order valence-corrected chi connectivity index (χ2v) is 5.95. The minimum absolute atomic E-state index is 0.111. The molecule has 0 aromatic carbocycles. The predicted molar refractivity (Wildman–Crippen MR) is 69.5 cm³/mol. The molecule has 0 heterocycles. The van der Waals surface area contributed by atoms with E-state index in [2.05, 4.69) is 26.8 Å². The lowest BCUT2D eigenvalue weighted by molar-refractivity contribution is -0.150. The van der Waals surface area contributed by atoms with Crippen LogP contribution in [0.4, 0.5) is 0 Å². The van der Waals surface area contributed by atoms with E-state index in [0.717, 1.165) is 25.7 Å². The molecule has 3 nitrogen and oxygen atoms in total. The quantitative estimate of drug-likeness (QED) is 0.606. The van der Waals surface area contributed by atoms with E-state index in [1.807, 2.05) is 6.08 Å². The zero-order chi connectivity index (χ0) is 12.9. The number of carbonyl (C=O) groups is 1. The molecule has 98 valence electrons. The second-order valence-electron chi connectivity index (χ2n) is 5.95. The number of allylic oxidation sites excluding steroid dienone is 1. The molecule has 1 aliphatic carbocycles. The van der Waals surface area contributed by atoms with Gasteiger partial charge in [-0.05, 0) is 37.5 Å². The molecule has 3 heteroatoms. The highest BCUT2D eigenvalue weighted by atomic mass is 16.5. The molecule has 0 aromatic rings. The second kappa shape index (κ2) is 6.20. The van der Waals surface area contributed by atoms with Crippen molar-refractivity contribution in [3.8, 4) is 0 Å². The number of hydrogen-bond donors (Lipinski definition) is 1. The van der Waals surface area contributed by atoms with Crippen molar-refractivity contribution in [2.45, 2.75) is 65.0 Å². The molecular formula is C14H25NO2. The average Bonchev–Trinajstić information content (AvgIpc) is 2.68. The first-order valence-corrected chi connectivity index (χ1v) is 6.52. The Morgan fingerprint density at radius 1 is 1.41 bits per heavy atom. The number of ether oxygens (including phenoxy) is 1. The highest BCUT2D eigenvalue weighted by Gasteiger charge is 2.22. The van der Waals surface area contributed by atoms with Crippen LogP contribution in [0.2, 0.25) is 0 Å². The third kappa shape index (κ3) is 5.87. The molecule has 0 radical (unpaired) electrons. The molecule has 1 saturated carbocycles. The van der Waals surface area contributed by atoms with Gasteiger partial charge in [-0.1, -0.05) is 32.9 Å². The van der Waals surface area contributed by atoms with Crippen LogP contribution in [0.3, 0.4) is 0 Å². The molecule has 0 unspecified atom stereocenters.